The Labute approximate surface area is 165 Å². The van der Waals surface area contributed by atoms with E-state index in [-0.39, 0.29) is 34.5 Å². The van der Waals surface area contributed by atoms with Crippen molar-refractivity contribution in [3.63, 3.8) is 0 Å². The van der Waals surface area contributed by atoms with E-state index in [0.717, 1.165) is 5.56 Å². The average molecular weight is 408 g/mol. The van der Waals surface area contributed by atoms with E-state index in [1.807, 2.05) is 20.8 Å². The lowest BCUT2D eigenvalue weighted by Gasteiger charge is -2.18. The number of ether oxygens (including phenoxy) is 2. The van der Waals surface area contributed by atoms with Crippen molar-refractivity contribution in [1.29, 1.82) is 0 Å². The maximum atomic E-state index is 12.7. The monoisotopic (exact) mass is 408 g/mol. The summed E-state index contributed by atoms with van der Waals surface area (Å²) in [6.45, 7) is 4.61. The third-order valence-electron chi connectivity index (χ3n) is 4.09. The fourth-order valence-electron chi connectivity index (χ4n) is 2.57. The molecule has 0 unspecified atom stereocenters. The molecular weight excluding hydrogens is 384 g/mol. The fraction of sp³-hybridized carbons (Fsp3) is 0.350. The van der Waals surface area contributed by atoms with Gasteiger partial charge in [-0.3, -0.25) is 4.79 Å². The van der Waals surface area contributed by atoms with Crippen LogP contribution in [-0.4, -0.2) is 39.8 Å². The minimum atomic E-state index is -4.09. The first-order valence-corrected chi connectivity index (χ1v) is 10.0. The van der Waals surface area contributed by atoms with Gasteiger partial charge in [-0.05, 0) is 37.1 Å². The topological polar surface area (TPSA) is 99.1 Å². The summed E-state index contributed by atoms with van der Waals surface area (Å²) < 4.78 is 40.8. The quantitative estimate of drug-likeness (QED) is 0.387. The third-order valence-corrected chi connectivity index (χ3v) is 5.34. The molecule has 0 fully saturated rings. The third kappa shape index (κ3) is 5.09. The van der Waals surface area contributed by atoms with Gasteiger partial charge in [0.1, 0.15) is 29.8 Å². The second-order valence-corrected chi connectivity index (χ2v) is 8.04. The van der Waals surface area contributed by atoms with E-state index in [1.165, 1.54) is 25.3 Å². The number of hydrogen-bond acceptors (Lipinski definition) is 7. The Morgan fingerprint density at radius 1 is 1.11 bits per heavy atom. The summed E-state index contributed by atoms with van der Waals surface area (Å²) in [5.74, 6) is -0.243. The molecule has 0 spiro atoms. The molecule has 0 amide bonds. The maximum absolute atomic E-state index is 12.7. The molecule has 0 aromatic heterocycles. The highest BCUT2D eigenvalue weighted by Crippen LogP contribution is 2.35. The normalized spacial score (nSPS) is 11.5. The molecule has 0 heterocycles. The standard InChI is InChI=1S/C20H24O7S/c1-13(2)16-9-19(25-4)17(18(22)11-26-12-21)10-20(16)27-28(23,24)15-7-5-14(3)6-8-15/h5-10,13,21H,11-12H2,1-4H3. The van der Waals surface area contributed by atoms with Gasteiger partial charge in [-0.2, -0.15) is 8.42 Å². The lowest BCUT2D eigenvalue weighted by Crippen LogP contribution is -2.15. The zero-order valence-electron chi connectivity index (χ0n) is 16.3. The first-order chi connectivity index (χ1) is 13.2. The number of Topliss-reactive ketones (excluding diaryl/α,β-unsaturated/α-hetero) is 1. The first-order valence-electron chi connectivity index (χ1n) is 8.64. The minimum absolute atomic E-state index is 0.0140. The molecule has 1 N–H and O–H groups in total. The Bertz CT molecular complexity index is 932. The van der Waals surface area contributed by atoms with E-state index in [2.05, 4.69) is 0 Å². The zero-order valence-corrected chi connectivity index (χ0v) is 17.1. The Morgan fingerprint density at radius 2 is 1.75 bits per heavy atom. The van der Waals surface area contributed by atoms with Crippen LogP contribution in [0.2, 0.25) is 0 Å². The van der Waals surface area contributed by atoms with Crippen molar-refractivity contribution in [2.45, 2.75) is 31.6 Å². The number of aliphatic hydroxyl groups excluding tert-OH is 1. The molecule has 152 valence electrons. The number of ketones is 1. The van der Waals surface area contributed by atoms with Crippen molar-refractivity contribution in [1.82, 2.24) is 0 Å². The lowest BCUT2D eigenvalue weighted by molar-refractivity contribution is 0.00340. The molecule has 0 aliphatic heterocycles. The molecular formula is C20H24O7S. The lowest BCUT2D eigenvalue weighted by atomic mass is 9.98. The molecule has 0 saturated carbocycles. The number of carbonyl (C=O) groups is 1. The van der Waals surface area contributed by atoms with Crippen molar-refractivity contribution in [3.05, 3.63) is 53.1 Å². The Morgan fingerprint density at radius 3 is 2.29 bits per heavy atom. The molecule has 0 aliphatic rings. The van der Waals surface area contributed by atoms with Gasteiger partial charge in [0, 0.05) is 5.56 Å². The van der Waals surface area contributed by atoms with E-state index in [0.29, 0.717) is 5.56 Å². The van der Waals surface area contributed by atoms with Crippen LogP contribution < -0.4 is 8.92 Å². The molecule has 8 heteroatoms. The van der Waals surface area contributed by atoms with E-state index < -0.39 is 22.7 Å². The summed E-state index contributed by atoms with van der Waals surface area (Å²) in [6.07, 6.45) is 0. The molecule has 28 heavy (non-hydrogen) atoms. The number of benzene rings is 2. The molecule has 2 rings (SSSR count). The van der Waals surface area contributed by atoms with E-state index in [1.54, 1.807) is 18.2 Å². The minimum Gasteiger partial charge on any atom is -0.496 e. The maximum Gasteiger partial charge on any atom is 0.339 e. The van der Waals surface area contributed by atoms with Crippen molar-refractivity contribution in [3.8, 4) is 11.5 Å². The molecule has 0 radical (unpaired) electrons. The van der Waals surface area contributed by atoms with Crippen molar-refractivity contribution in [2.24, 2.45) is 0 Å². The average Bonchev–Trinajstić information content (AvgIpc) is 2.65. The number of rotatable bonds is 9. The predicted molar refractivity (Wildman–Crippen MR) is 103 cm³/mol. The first kappa shape index (κ1) is 21.9. The summed E-state index contributed by atoms with van der Waals surface area (Å²) in [7, 11) is -2.68. The van der Waals surface area contributed by atoms with Crippen LogP contribution in [-0.2, 0) is 14.9 Å². The second kappa shape index (κ2) is 9.18. The summed E-state index contributed by atoms with van der Waals surface area (Å²) in [4.78, 5) is 12.4. The number of hydrogen-bond donors (Lipinski definition) is 1. The van der Waals surface area contributed by atoms with Gasteiger partial charge in [0.2, 0.25) is 0 Å². The molecule has 0 bridgehead atoms. The van der Waals surface area contributed by atoms with E-state index in [4.69, 9.17) is 18.8 Å². The second-order valence-electron chi connectivity index (χ2n) is 6.50. The van der Waals surface area contributed by atoms with Crippen LogP contribution in [0.4, 0.5) is 0 Å². The van der Waals surface area contributed by atoms with Crippen LogP contribution in [0, 0.1) is 6.92 Å². The van der Waals surface area contributed by atoms with Crippen molar-refractivity contribution >= 4 is 15.9 Å². The smallest absolute Gasteiger partial charge is 0.339 e. The number of aliphatic hydroxyl groups is 1. The van der Waals surface area contributed by atoms with E-state index >= 15 is 0 Å². The molecule has 0 aliphatic carbocycles. The molecule has 0 saturated heterocycles. The molecule has 0 atom stereocenters. The van der Waals surface area contributed by atoms with Crippen molar-refractivity contribution in [2.75, 3.05) is 20.5 Å². The number of carbonyl (C=O) groups excluding carboxylic acids is 1. The summed E-state index contributed by atoms with van der Waals surface area (Å²) in [5, 5.41) is 8.75. The molecule has 2 aromatic carbocycles. The van der Waals surface area contributed by atoms with Crippen molar-refractivity contribution < 1.29 is 32.0 Å². The number of methoxy groups -OCH3 is 1. The van der Waals surface area contributed by atoms with Crippen LogP contribution in [0.15, 0.2) is 41.3 Å². The summed E-state index contributed by atoms with van der Waals surface area (Å²) >= 11 is 0. The van der Waals surface area contributed by atoms with Crippen LogP contribution in [0.3, 0.4) is 0 Å². The van der Waals surface area contributed by atoms with Gasteiger partial charge in [0.05, 0.1) is 12.7 Å². The van der Waals surface area contributed by atoms with Crippen LogP contribution in [0.1, 0.15) is 41.3 Å². The Hall–Kier alpha value is -2.42. The summed E-state index contributed by atoms with van der Waals surface area (Å²) in [5.41, 5.74) is 1.60. The zero-order chi connectivity index (χ0) is 20.9. The fourth-order valence-corrected chi connectivity index (χ4v) is 3.52. The van der Waals surface area contributed by atoms with Crippen LogP contribution in [0.5, 0.6) is 11.5 Å². The van der Waals surface area contributed by atoms with Gasteiger partial charge >= 0.3 is 10.1 Å². The largest absolute Gasteiger partial charge is 0.496 e. The van der Waals surface area contributed by atoms with Crippen LogP contribution in [0.25, 0.3) is 0 Å². The summed E-state index contributed by atoms with van der Waals surface area (Å²) in [6, 6.07) is 9.19. The van der Waals surface area contributed by atoms with Gasteiger partial charge in [0.15, 0.2) is 5.78 Å². The van der Waals surface area contributed by atoms with Gasteiger partial charge in [-0.1, -0.05) is 31.5 Å². The van der Waals surface area contributed by atoms with Gasteiger partial charge in [-0.25, -0.2) is 0 Å². The highest BCUT2D eigenvalue weighted by Gasteiger charge is 2.24. The number of aryl methyl sites for hydroxylation is 1. The SMILES string of the molecule is COc1cc(C(C)C)c(OS(=O)(=O)c2ccc(C)cc2)cc1C(=O)COCO. The van der Waals surface area contributed by atoms with Gasteiger partial charge in [-0.15, -0.1) is 0 Å². The van der Waals surface area contributed by atoms with Crippen LogP contribution >= 0.6 is 0 Å². The highest BCUT2D eigenvalue weighted by molar-refractivity contribution is 7.87. The molecule has 2 aromatic rings. The van der Waals surface area contributed by atoms with Gasteiger partial charge < -0.3 is 18.8 Å². The molecule has 7 nitrogen and oxygen atoms in total. The Balaban J connectivity index is 2.51. The van der Waals surface area contributed by atoms with Gasteiger partial charge in [0.25, 0.3) is 0 Å². The Kier molecular flexibility index (Phi) is 7.17. The predicted octanol–water partition coefficient (Wildman–Crippen LogP) is 3.04. The highest BCUT2D eigenvalue weighted by atomic mass is 32.2. The van der Waals surface area contributed by atoms with E-state index in [9.17, 15) is 13.2 Å².